The maximum Gasteiger partial charge on any atom is 0.337 e. The van der Waals surface area contributed by atoms with Crippen molar-refractivity contribution in [2.75, 3.05) is 0 Å². The Morgan fingerprint density at radius 2 is 2.00 bits per heavy atom. The van der Waals surface area contributed by atoms with Crippen molar-refractivity contribution >= 4 is 5.97 Å². The topological polar surface area (TPSA) is 103 Å². The molecule has 0 radical (unpaired) electrons. The van der Waals surface area contributed by atoms with Gasteiger partial charge in [0, 0.05) is 25.0 Å². The minimum absolute atomic E-state index is 0.0706. The van der Waals surface area contributed by atoms with Gasteiger partial charge in [0.15, 0.2) is 0 Å². The minimum Gasteiger partial charge on any atom is -0.478 e. The molecule has 0 unspecified atom stereocenters. The smallest absolute Gasteiger partial charge is 0.337 e. The van der Waals surface area contributed by atoms with Crippen LogP contribution in [0.1, 0.15) is 10.4 Å². The number of rotatable bonds is 5. The molecule has 0 spiro atoms. The first kappa shape index (κ1) is 14.6. The van der Waals surface area contributed by atoms with E-state index in [0.29, 0.717) is 24.5 Å². The van der Waals surface area contributed by atoms with E-state index in [0.717, 1.165) is 0 Å². The summed E-state index contributed by atoms with van der Waals surface area (Å²) < 4.78 is 3.20. The van der Waals surface area contributed by atoms with Gasteiger partial charge in [0.1, 0.15) is 5.69 Å². The Hall–Kier alpha value is -3.29. The summed E-state index contributed by atoms with van der Waals surface area (Å²) in [6.07, 6.45) is 4.70. The maximum atomic E-state index is 11.6. The number of aromatic carboxylic acids is 1. The van der Waals surface area contributed by atoms with E-state index < -0.39 is 5.97 Å². The van der Waals surface area contributed by atoms with Gasteiger partial charge in [0.2, 0.25) is 0 Å². The van der Waals surface area contributed by atoms with Crippen LogP contribution >= 0.6 is 0 Å². The molecule has 8 nitrogen and oxygen atoms in total. The summed E-state index contributed by atoms with van der Waals surface area (Å²) in [5.74, 6) is -1.03. The Morgan fingerprint density at radius 1 is 1.13 bits per heavy atom. The van der Waals surface area contributed by atoms with Crippen LogP contribution in [-0.4, -0.2) is 35.6 Å². The van der Waals surface area contributed by atoms with Gasteiger partial charge in [-0.3, -0.25) is 14.5 Å². The van der Waals surface area contributed by atoms with Crippen molar-refractivity contribution in [2.45, 2.75) is 13.1 Å². The molecule has 116 valence electrons. The quantitative estimate of drug-likeness (QED) is 0.751. The zero-order valence-corrected chi connectivity index (χ0v) is 12.0. The summed E-state index contributed by atoms with van der Waals surface area (Å²) in [6.45, 7) is 0.970. The van der Waals surface area contributed by atoms with Crippen LogP contribution in [0.25, 0.3) is 11.4 Å². The third-order valence-corrected chi connectivity index (χ3v) is 3.28. The second-order valence-corrected chi connectivity index (χ2v) is 4.84. The first-order valence-corrected chi connectivity index (χ1v) is 6.89. The number of pyridine rings is 2. The normalized spacial score (nSPS) is 10.6. The molecule has 0 saturated heterocycles. The molecule has 0 aliphatic heterocycles. The second-order valence-electron chi connectivity index (χ2n) is 4.84. The lowest BCUT2D eigenvalue weighted by Crippen LogP contribution is -2.20. The Balaban J connectivity index is 1.72. The van der Waals surface area contributed by atoms with Crippen LogP contribution in [0.5, 0.6) is 0 Å². The lowest BCUT2D eigenvalue weighted by atomic mass is 10.2. The number of aromatic nitrogens is 5. The van der Waals surface area contributed by atoms with Gasteiger partial charge in [-0.2, -0.15) is 0 Å². The van der Waals surface area contributed by atoms with Crippen molar-refractivity contribution in [2.24, 2.45) is 0 Å². The lowest BCUT2D eigenvalue weighted by molar-refractivity contribution is 0.0696. The highest BCUT2D eigenvalue weighted by Gasteiger charge is 2.08. The molecule has 3 aromatic rings. The third-order valence-electron chi connectivity index (χ3n) is 3.28. The van der Waals surface area contributed by atoms with Gasteiger partial charge in [-0.25, -0.2) is 4.79 Å². The van der Waals surface area contributed by atoms with Crippen molar-refractivity contribution in [3.05, 3.63) is 64.8 Å². The predicted octanol–water partition coefficient (Wildman–Crippen LogP) is 0.900. The molecule has 3 aromatic heterocycles. The highest BCUT2D eigenvalue weighted by Crippen LogP contribution is 2.13. The molecule has 0 amide bonds. The van der Waals surface area contributed by atoms with Crippen LogP contribution < -0.4 is 5.56 Å². The van der Waals surface area contributed by atoms with E-state index in [4.69, 9.17) is 5.11 Å². The van der Waals surface area contributed by atoms with Crippen LogP contribution in [0.4, 0.5) is 0 Å². The number of aryl methyl sites for hydroxylation is 2. The van der Waals surface area contributed by atoms with Crippen LogP contribution in [-0.2, 0) is 13.1 Å². The first-order chi connectivity index (χ1) is 11.1. The molecule has 0 bridgehead atoms. The van der Waals surface area contributed by atoms with Gasteiger partial charge in [-0.15, -0.1) is 5.10 Å². The molecule has 0 atom stereocenters. The molecule has 0 aromatic carbocycles. The average molecular weight is 311 g/mol. The summed E-state index contributed by atoms with van der Waals surface area (Å²) in [7, 11) is 0. The van der Waals surface area contributed by atoms with Gasteiger partial charge in [0.05, 0.1) is 24.0 Å². The number of nitrogens with zero attached hydrogens (tertiary/aromatic N) is 5. The number of carboxylic acid groups (broad SMARTS) is 1. The Labute approximate surface area is 130 Å². The van der Waals surface area contributed by atoms with E-state index in [1.807, 2.05) is 0 Å². The molecule has 0 fully saturated rings. The molecule has 8 heteroatoms. The average Bonchev–Trinajstić information content (AvgIpc) is 3.03. The highest BCUT2D eigenvalue weighted by molar-refractivity contribution is 5.87. The maximum absolute atomic E-state index is 11.6. The zero-order valence-electron chi connectivity index (χ0n) is 12.0. The van der Waals surface area contributed by atoms with Gasteiger partial charge in [0.25, 0.3) is 5.56 Å². The summed E-state index contributed by atoms with van der Waals surface area (Å²) in [5, 5.41) is 16.9. The molecule has 0 aliphatic rings. The van der Waals surface area contributed by atoms with Crippen molar-refractivity contribution in [3.8, 4) is 11.4 Å². The van der Waals surface area contributed by atoms with Crippen molar-refractivity contribution in [3.63, 3.8) is 0 Å². The van der Waals surface area contributed by atoms with E-state index in [1.165, 1.54) is 18.3 Å². The fraction of sp³-hybridized carbons (Fsp3) is 0.133. The Kier molecular flexibility index (Phi) is 3.96. The molecule has 0 saturated carbocycles. The first-order valence-electron chi connectivity index (χ1n) is 6.89. The fourth-order valence-corrected chi connectivity index (χ4v) is 2.05. The predicted molar refractivity (Wildman–Crippen MR) is 80.9 cm³/mol. The monoisotopic (exact) mass is 311 g/mol. The summed E-state index contributed by atoms with van der Waals surface area (Å²) >= 11 is 0. The second kappa shape index (κ2) is 6.22. The summed E-state index contributed by atoms with van der Waals surface area (Å²) in [4.78, 5) is 26.5. The number of carbonyl (C=O) groups is 1. The molecular weight excluding hydrogens is 298 g/mol. The number of carboxylic acids is 1. The third kappa shape index (κ3) is 3.31. The molecule has 3 rings (SSSR count). The minimum atomic E-state index is -1.03. The van der Waals surface area contributed by atoms with Crippen LogP contribution in [0.2, 0.25) is 0 Å². The SMILES string of the molecule is O=C(O)c1ccc(-c2cn(CCn3ccccc3=O)nn2)nc1. The molecular formula is C15H13N5O3. The Bertz CT molecular complexity index is 882. The molecule has 23 heavy (non-hydrogen) atoms. The van der Waals surface area contributed by atoms with Crippen LogP contribution in [0.3, 0.4) is 0 Å². The molecule has 3 heterocycles. The summed E-state index contributed by atoms with van der Waals surface area (Å²) in [5.41, 5.74) is 1.13. The van der Waals surface area contributed by atoms with Gasteiger partial charge >= 0.3 is 5.97 Å². The zero-order chi connectivity index (χ0) is 16.2. The van der Waals surface area contributed by atoms with Gasteiger partial charge in [-0.1, -0.05) is 11.3 Å². The van der Waals surface area contributed by atoms with E-state index >= 15 is 0 Å². The van der Waals surface area contributed by atoms with Crippen molar-refractivity contribution in [1.82, 2.24) is 24.5 Å². The highest BCUT2D eigenvalue weighted by atomic mass is 16.4. The van der Waals surface area contributed by atoms with Crippen molar-refractivity contribution in [1.29, 1.82) is 0 Å². The van der Waals surface area contributed by atoms with Gasteiger partial charge < -0.3 is 9.67 Å². The van der Waals surface area contributed by atoms with E-state index in [2.05, 4.69) is 15.3 Å². The standard InChI is InChI=1S/C15H13N5O3/c21-14-3-1-2-6-19(14)7-8-20-10-13(17-18-20)12-5-4-11(9-16-12)15(22)23/h1-6,9-10H,7-8H2,(H,22,23). The number of hydrogen-bond acceptors (Lipinski definition) is 5. The van der Waals surface area contributed by atoms with Gasteiger partial charge in [-0.05, 0) is 18.2 Å². The lowest BCUT2D eigenvalue weighted by Gasteiger charge is -2.03. The van der Waals surface area contributed by atoms with Crippen LogP contribution in [0.15, 0.2) is 53.7 Å². The van der Waals surface area contributed by atoms with E-state index in [9.17, 15) is 9.59 Å². The molecule has 1 N–H and O–H groups in total. The largest absolute Gasteiger partial charge is 0.478 e. The van der Waals surface area contributed by atoms with Crippen molar-refractivity contribution < 1.29 is 9.90 Å². The van der Waals surface area contributed by atoms with Crippen LogP contribution in [0, 0.1) is 0 Å². The fourth-order valence-electron chi connectivity index (χ4n) is 2.05. The Morgan fingerprint density at radius 3 is 2.70 bits per heavy atom. The number of hydrogen-bond donors (Lipinski definition) is 1. The summed E-state index contributed by atoms with van der Waals surface area (Å²) in [6, 6.07) is 8.04. The van der Waals surface area contributed by atoms with E-state index in [-0.39, 0.29) is 11.1 Å². The molecule has 0 aliphatic carbocycles. The van der Waals surface area contributed by atoms with E-state index in [1.54, 1.807) is 39.8 Å².